The van der Waals surface area contributed by atoms with Crippen molar-refractivity contribution in [2.75, 3.05) is 18.4 Å². The molecule has 2 aromatic heterocycles. The number of nitrogens with zero attached hydrogens (tertiary/aromatic N) is 3. The molecule has 0 radical (unpaired) electrons. The highest BCUT2D eigenvalue weighted by Crippen LogP contribution is 2.25. The fourth-order valence-corrected chi connectivity index (χ4v) is 4.12. The molecule has 1 amide bonds. The Morgan fingerprint density at radius 3 is 2.82 bits per heavy atom. The first-order valence-electron chi connectivity index (χ1n) is 11.6. The Morgan fingerprint density at radius 2 is 2.03 bits per heavy atom. The fourth-order valence-electron chi connectivity index (χ4n) is 3.95. The summed E-state index contributed by atoms with van der Waals surface area (Å²) in [4.78, 5) is 17.3. The summed E-state index contributed by atoms with van der Waals surface area (Å²) in [6, 6.07) is 11.9. The minimum absolute atomic E-state index is 0.0482. The van der Waals surface area contributed by atoms with Crippen LogP contribution in [-0.4, -0.2) is 33.8 Å². The molecule has 0 aliphatic rings. The van der Waals surface area contributed by atoms with Gasteiger partial charge in [0, 0.05) is 42.5 Å². The van der Waals surface area contributed by atoms with Crippen LogP contribution in [0.25, 0.3) is 22.2 Å². The molecule has 0 aliphatic carbocycles. The maximum atomic E-state index is 12.9. The van der Waals surface area contributed by atoms with Gasteiger partial charge in [0.2, 0.25) is 0 Å². The molecule has 0 aliphatic heterocycles. The third kappa shape index (κ3) is 5.97. The van der Waals surface area contributed by atoms with E-state index in [1.807, 2.05) is 44.4 Å². The van der Waals surface area contributed by atoms with Crippen LogP contribution < -0.4 is 10.6 Å². The van der Waals surface area contributed by atoms with Crippen molar-refractivity contribution >= 4 is 34.6 Å². The molecule has 0 bridgehead atoms. The molecule has 1 unspecified atom stereocenters. The normalized spacial score (nSPS) is 12.1. The molecular formula is C26H30ClN5O2. The van der Waals surface area contributed by atoms with Gasteiger partial charge in [-0.3, -0.25) is 9.48 Å². The van der Waals surface area contributed by atoms with E-state index in [9.17, 15) is 4.79 Å². The lowest BCUT2D eigenvalue weighted by molar-refractivity contribution is 0.0953. The first-order valence-corrected chi connectivity index (χ1v) is 11.9. The van der Waals surface area contributed by atoms with Crippen LogP contribution in [0.2, 0.25) is 5.02 Å². The summed E-state index contributed by atoms with van der Waals surface area (Å²) < 4.78 is 7.43. The summed E-state index contributed by atoms with van der Waals surface area (Å²) in [5, 5.41) is 11.2. The highest BCUT2D eigenvalue weighted by molar-refractivity contribution is 6.31. The molecule has 4 rings (SSSR count). The molecule has 2 aromatic carbocycles. The van der Waals surface area contributed by atoms with E-state index in [-0.39, 0.29) is 5.91 Å². The minimum Gasteiger partial charge on any atom is -0.424 e. The van der Waals surface area contributed by atoms with E-state index >= 15 is 0 Å². The van der Waals surface area contributed by atoms with Gasteiger partial charge < -0.3 is 15.1 Å². The quantitative estimate of drug-likeness (QED) is 0.279. The van der Waals surface area contributed by atoms with E-state index < -0.39 is 0 Å². The van der Waals surface area contributed by atoms with E-state index in [1.54, 1.807) is 23.0 Å². The lowest BCUT2D eigenvalue weighted by Gasteiger charge is -2.13. The van der Waals surface area contributed by atoms with Crippen molar-refractivity contribution in [3.8, 4) is 11.1 Å². The van der Waals surface area contributed by atoms with E-state index in [4.69, 9.17) is 16.0 Å². The highest BCUT2D eigenvalue weighted by atomic mass is 35.5. The number of nitrogens with one attached hydrogen (secondary N) is 2. The Balaban J connectivity index is 1.21. The van der Waals surface area contributed by atoms with Gasteiger partial charge in [0.05, 0.1) is 6.20 Å². The number of anilines is 1. The van der Waals surface area contributed by atoms with Gasteiger partial charge in [-0.05, 0) is 61.9 Å². The van der Waals surface area contributed by atoms with E-state index in [2.05, 4.69) is 27.6 Å². The van der Waals surface area contributed by atoms with Crippen LogP contribution in [0.15, 0.2) is 53.2 Å². The third-order valence-electron chi connectivity index (χ3n) is 5.86. The predicted octanol–water partition coefficient (Wildman–Crippen LogP) is 5.84. The van der Waals surface area contributed by atoms with Crippen LogP contribution in [0.1, 0.15) is 42.1 Å². The van der Waals surface area contributed by atoms with Gasteiger partial charge in [-0.25, -0.2) is 0 Å². The van der Waals surface area contributed by atoms with Gasteiger partial charge in [-0.1, -0.05) is 36.2 Å². The van der Waals surface area contributed by atoms with Crippen molar-refractivity contribution in [3.63, 3.8) is 0 Å². The number of halogens is 1. The van der Waals surface area contributed by atoms with Gasteiger partial charge in [0.15, 0.2) is 5.58 Å². The lowest BCUT2D eigenvalue weighted by Crippen LogP contribution is -2.25. The zero-order valence-electron chi connectivity index (χ0n) is 19.8. The minimum atomic E-state index is -0.0482. The van der Waals surface area contributed by atoms with E-state index in [0.29, 0.717) is 29.1 Å². The van der Waals surface area contributed by atoms with Gasteiger partial charge in [-0.2, -0.15) is 10.1 Å². The van der Waals surface area contributed by atoms with E-state index in [1.165, 1.54) is 0 Å². The van der Waals surface area contributed by atoms with Crippen LogP contribution in [0.5, 0.6) is 0 Å². The number of amides is 1. The monoisotopic (exact) mass is 479 g/mol. The molecule has 2 N–H and O–H groups in total. The summed E-state index contributed by atoms with van der Waals surface area (Å²) in [6.45, 7) is 5.63. The number of carbonyl (C=O) groups is 1. The number of hydrogen-bond acceptors (Lipinski definition) is 5. The first-order chi connectivity index (χ1) is 16.4. The Kier molecular flexibility index (Phi) is 7.53. The highest BCUT2D eigenvalue weighted by Gasteiger charge is 2.14. The molecule has 1 atom stereocenters. The van der Waals surface area contributed by atoms with Crippen molar-refractivity contribution < 1.29 is 9.21 Å². The zero-order valence-corrected chi connectivity index (χ0v) is 20.5. The Morgan fingerprint density at radius 1 is 1.18 bits per heavy atom. The second-order valence-electron chi connectivity index (χ2n) is 8.80. The number of benzene rings is 2. The first kappa shape index (κ1) is 23.8. The SMILES string of the molecule is Cc1ccc(-c2cnn(C)c2)c(C(=O)NCCCC(C)CCNc2nc3cc(Cl)ccc3o2)c1. The Labute approximate surface area is 204 Å². The standard InChI is InChI=1S/C26H30ClN5O2/c1-17(10-12-29-26-31-23-14-20(27)7-9-24(23)34-26)5-4-11-28-25(33)22-13-18(2)6-8-21(22)19-15-30-32(3)16-19/h6-9,13-17H,4-5,10-12H2,1-3H3,(H,28,33)(H,29,31). The molecule has 0 spiro atoms. The molecular weight excluding hydrogens is 450 g/mol. The maximum absolute atomic E-state index is 12.9. The molecule has 178 valence electrons. The van der Waals surface area contributed by atoms with Crippen LogP contribution in [0.3, 0.4) is 0 Å². The van der Waals surface area contributed by atoms with Crippen molar-refractivity contribution in [1.82, 2.24) is 20.1 Å². The van der Waals surface area contributed by atoms with Crippen molar-refractivity contribution in [2.45, 2.75) is 33.1 Å². The van der Waals surface area contributed by atoms with Crippen LogP contribution in [0.4, 0.5) is 6.01 Å². The van der Waals surface area contributed by atoms with Crippen molar-refractivity contribution in [3.05, 3.63) is 64.9 Å². The average molecular weight is 480 g/mol. The molecule has 0 saturated carbocycles. The Bertz CT molecular complexity index is 1280. The third-order valence-corrected chi connectivity index (χ3v) is 6.09. The zero-order chi connectivity index (χ0) is 24.1. The summed E-state index contributed by atoms with van der Waals surface area (Å²) in [5.74, 6) is 0.459. The molecule has 4 aromatic rings. The van der Waals surface area contributed by atoms with Crippen LogP contribution >= 0.6 is 11.6 Å². The maximum Gasteiger partial charge on any atom is 0.295 e. The summed E-state index contributed by atoms with van der Waals surface area (Å²) in [6.07, 6.45) is 6.63. The number of rotatable bonds is 10. The molecule has 0 fully saturated rings. The number of fused-ring (bicyclic) bond motifs is 1. The average Bonchev–Trinajstić information content (AvgIpc) is 3.41. The van der Waals surface area contributed by atoms with Crippen molar-refractivity contribution in [2.24, 2.45) is 13.0 Å². The van der Waals surface area contributed by atoms with E-state index in [0.717, 1.165) is 53.6 Å². The number of aromatic nitrogens is 3. The smallest absolute Gasteiger partial charge is 0.295 e. The molecule has 34 heavy (non-hydrogen) atoms. The molecule has 2 heterocycles. The Hall–Kier alpha value is -3.32. The van der Waals surface area contributed by atoms with Gasteiger partial charge in [0.25, 0.3) is 11.9 Å². The largest absolute Gasteiger partial charge is 0.424 e. The van der Waals surface area contributed by atoms with Crippen molar-refractivity contribution in [1.29, 1.82) is 0 Å². The summed E-state index contributed by atoms with van der Waals surface area (Å²) >= 11 is 6.00. The number of aryl methyl sites for hydroxylation is 2. The summed E-state index contributed by atoms with van der Waals surface area (Å²) in [5.41, 5.74) is 5.05. The molecule has 0 saturated heterocycles. The number of oxazole rings is 1. The summed E-state index contributed by atoms with van der Waals surface area (Å²) in [7, 11) is 1.87. The van der Waals surface area contributed by atoms with Crippen LogP contribution in [-0.2, 0) is 7.05 Å². The number of carbonyl (C=O) groups excluding carboxylic acids is 1. The predicted molar refractivity (Wildman–Crippen MR) is 136 cm³/mol. The number of hydrogen-bond donors (Lipinski definition) is 2. The fraction of sp³-hybridized carbons (Fsp3) is 0.346. The van der Waals surface area contributed by atoms with Crippen LogP contribution in [0, 0.1) is 12.8 Å². The van der Waals surface area contributed by atoms with Gasteiger partial charge >= 0.3 is 0 Å². The second kappa shape index (κ2) is 10.7. The van der Waals surface area contributed by atoms with Gasteiger partial charge in [0.1, 0.15) is 5.52 Å². The molecule has 7 nitrogen and oxygen atoms in total. The van der Waals surface area contributed by atoms with Gasteiger partial charge in [-0.15, -0.1) is 0 Å². The second-order valence-corrected chi connectivity index (χ2v) is 9.24. The molecule has 8 heteroatoms. The lowest BCUT2D eigenvalue weighted by atomic mass is 9.99. The topological polar surface area (TPSA) is 85.0 Å².